The summed E-state index contributed by atoms with van der Waals surface area (Å²) < 4.78 is 41.3. The van der Waals surface area contributed by atoms with Gasteiger partial charge in [-0.1, -0.05) is 66.2 Å². The van der Waals surface area contributed by atoms with Crippen molar-refractivity contribution in [1.29, 1.82) is 0 Å². The van der Waals surface area contributed by atoms with Gasteiger partial charge in [0.05, 0.1) is 72.6 Å². The number of halogens is 1. The molecule has 0 heterocycles. The van der Waals surface area contributed by atoms with Gasteiger partial charge in [-0.05, 0) is 25.7 Å². The van der Waals surface area contributed by atoms with Gasteiger partial charge in [0.1, 0.15) is 6.17 Å². The molecule has 1 amide bonds. The van der Waals surface area contributed by atoms with Crippen molar-refractivity contribution >= 4 is 5.91 Å². The van der Waals surface area contributed by atoms with Crippen molar-refractivity contribution in [2.24, 2.45) is 5.92 Å². The van der Waals surface area contributed by atoms with Crippen molar-refractivity contribution in [3.05, 3.63) is 0 Å². The highest BCUT2D eigenvalue weighted by Gasteiger charge is 2.17. The van der Waals surface area contributed by atoms with Crippen LogP contribution in [0.1, 0.15) is 91.9 Å². The molecule has 3 atom stereocenters. The molecule has 0 aliphatic rings. The lowest BCUT2D eigenvalue weighted by molar-refractivity contribution is -0.125. The van der Waals surface area contributed by atoms with Gasteiger partial charge in [-0.2, -0.15) is 0 Å². The SMILES string of the molecule is CCCCCC(CCC)NCCOCCOCCOCCOCCOCC(F)CNC(=O)C(CC)CCCC. The molecule has 0 aliphatic carbocycles. The molecule has 0 aromatic rings. The molecule has 0 spiro atoms. The molecular weight excluding hydrogens is 503 g/mol. The number of amides is 1. The van der Waals surface area contributed by atoms with Crippen molar-refractivity contribution in [1.82, 2.24) is 10.6 Å². The van der Waals surface area contributed by atoms with E-state index in [9.17, 15) is 9.18 Å². The summed E-state index contributed by atoms with van der Waals surface area (Å²) >= 11 is 0. The van der Waals surface area contributed by atoms with E-state index in [1.165, 1.54) is 38.5 Å². The van der Waals surface area contributed by atoms with E-state index in [1.807, 2.05) is 6.92 Å². The average molecular weight is 565 g/mol. The van der Waals surface area contributed by atoms with Crippen molar-refractivity contribution < 1.29 is 32.9 Å². The first-order chi connectivity index (χ1) is 19.1. The molecule has 39 heavy (non-hydrogen) atoms. The van der Waals surface area contributed by atoms with E-state index in [0.717, 1.165) is 32.2 Å². The first-order valence-electron chi connectivity index (χ1n) is 15.6. The highest BCUT2D eigenvalue weighted by atomic mass is 19.1. The van der Waals surface area contributed by atoms with Crippen molar-refractivity contribution in [2.45, 2.75) is 104 Å². The highest BCUT2D eigenvalue weighted by molar-refractivity contribution is 5.78. The number of ether oxygens (including phenoxy) is 5. The van der Waals surface area contributed by atoms with Crippen LogP contribution in [-0.2, 0) is 28.5 Å². The van der Waals surface area contributed by atoms with Gasteiger partial charge in [0.2, 0.25) is 5.91 Å². The Hall–Kier alpha value is -0.840. The molecule has 3 unspecified atom stereocenters. The Labute approximate surface area is 238 Å². The zero-order valence-electron chi connectivity index (χ0n) is 25.6. The van der Waals surface area contributed by atoms with Gasteiger partial charge in [-0.3, -0.25) is 4.79 Å². The first kappa shape index (κ1) is 38.2. The fraction of sp³-hybridized carbons (Fsp3) is 0.967. The number of unbranched alkanes of at least 4 members (excludes halogenated alkanes) is 3. The van der Waals surface area contributed by atoms with Gasteiger partial charge >= 0.3 is 0 Å². The average Bonchev–Trinajstić information content (AvgIpc) is 2.94. The van der Waals surface area contributed by atoms with E-state index in [-0.39, 0.29) is 25.0 Å². The molecule has 0 saturated carbocycles. The summed E-state index contributed by atoms with van der Waals surface area (Å²) in [5.41, 5.74) is 0. The quantitative estimate of drug-likeness (QED) is 0.114. The summed E-state index contributed by atoms with van der Waals surface area (Å²) in [5, 5.41) is 6.31. The lowest BCUT2D eigenvalue weighted by atomic mass is 9.98. The molecule has 0 aromatic carbocycles. The second-order valence-electron chi connectivity index (χ2n) is 10.0. The van der Waals surface area contributed by atoms with Crippen LogP contribution in [-0.4, -0.2) is 97.3 Å². The number of carbonyl (C=O) groups excluding carboxylic acids is 1. The van der Waals surface area contributed by atoms with Crippen LogP contribution in [0.25, 0.3) is 0 Å². The summed E-state index contributed by atoms with van der Waals surface area (Å²) in [7, 11) is 0. The molecule has 0 radical (unpaired) electrons. The second-order valence-corrected chi connectivity index (χ2v) is 10.0. The predicted octanol–water partition coefficient (Wildman–Crippen LogP) is 5.08. The van der Waals surface area contributed by atoms with Crippen molar-refractivity contribution in [3.63, 3.8) is 0 Å². The maximum absolute atomic E-state index is 13.9. The van der Waals surface area contributed by atoms with Crippen molar-refractivity contribution in [3.8, 4) is 0 Å². The third kappa shape index (κ3) is 25.8. The number of rotatable bonds is 31. The van der Waals surface area contributed by atoms with Crippen LogP contribution in [0, 0.1) is 5.92 Å². The maximum atomic E-state index is 13.9. The molecule has 0 aliphatic heterocycles. The molecule has 0 saturated heterocycles. The summed E-state index contributed by atoms with van der Waals surface area (Å²) in [6.45, 7) is 13.9. The van der Waals surface area contributed by atoms with Crippen LogP contribution in [0.5, 0.6) is 0 Å². The van der Waals surface area contributed by atoms with Gasteiger partial charge in [0, 0.05) is 18.5 Å². The molecule has 0 fully saturated rings. The smallest absolute Gasteiger partial charge is 0.223 e. The Kier molecular flexibility index (Phi) is 29.5. The van der Waals surface area contributed by atoms with E-state index in [1.54, 1.807) is 0 Å². The number of nitrogens with one attached hydrogen (secondary N) is 2. The molecular formula is C30H61FN2O6. The molecule has 0 rings (SSSR count). The van der Waals surface area contributed by atoms with E-state index in [2.05, 4.69) is 31.4 Å². The fourth-order valence-electron chi connectivity index (χ4n) is 4.15. The van der Waals surface area contributed by atoms with Crippen LogP contribution in [0.2, 0.25) is 0 Å². The summed E-state index contributed by atoms with van der Waals surface area (Å²) in [5.74, 6) is -0.0947. The van der Waals surface area contributed by atoms with E-state index in [0.29, 0.717) is 65.5 Å². The summed E-state index contributed by atoms with van der Waals surface area (Å²) in [6, 6.07) is 0.608. The van der Waals surface area contributed by atoms with E-state index in [4.69, 9.17) is 23.7 Å². The van der Waals surface area contributed by atoms with Gasteiger partial charge in [-0.15, -0.1) is 0 Å². The largest absolute Gasteiger partial charge is 0.378 e. The molecule has 0 bridgehead atoms. The standard InChI is InChI=1S/C30H61FN2O6/c1-5-9-11-14-29(12-7-3)32-15-16-35-17-18-36-19-20-37-21-22-38-23-24-39-26-28(31)25-33-30(34)27(8-4)13-10-6-2/h27-29,32H,5-26H2,1-4H3,(H,33,34). The van der Waals surface area contributed by atoms with Crippen molar-refractivity contribution in [2.75, 3.05) is 79.2 Å². The number of carbonyl (C=O) groups is 1. The Bertz CT molecular complexity index is 518. The molecule has 9 heteroatoms. The van der Waals surface area contributed by atoms with Gasteiger partial charge in [0.25, 0.3) is 0 Å². The zero-order chi connectivity index (χ0) is 28.8. The van der Waals surface area contributed by atoms with Crippen LogP contribution >= 0.6 is 0 Å². The van der Waals surface area contributed by atoms with Crippen LogP contribution in [0.15, 0.2) is 0 Å². The third-order valence-corrected chi connectivity index (χ3v) is 6.53. The van der Waals surface area contributed by atoms with Crippen LogP contribution < -0.4 is 10.6 Å². The fourth-order valence-corrected chi connectivity index (χ4v) is 4.15. The lowest BCUT2D eigenvalue weighted by Crippen LogP contribution is -2.36. The maximum Gasteiger partial charge on any atom is 0.223 e. The normalized spacial score (nSPS) is 13.9. The molecule has 234 valence electrons. The summed E-state index contributed by atoms with van der Waals surface area (Å²) in [6.07, 6.45) is 10.1. The lowest BCUT2D eigenvalue weighted by Gasteiger charge is -2.18. The Morgan fingerprint density at radius 3 is 1.77 bits per heavy atom. The number of alkyl halides is 1. The Morgan fingerprint density at radius 1 is 0.667 bits per heavy atom. The van der Waals surface area contributed by atoms with Gasteiger partial charge < -0.3 is 34.3 Å². The number of hydrogen-bond donors (Lipinski definition) is 2. The third-order valence-electron chi connectivity index (χ3n) is 6.53. The molecule has 8 nitrogen and oxygen atoms in total. The molecule has 0 aromatic heterocycles. The Morgan fingerprint density at radius 2 is 1.23 bits per heavy atom. The zero-order valence-corrected chi connectivity index (χ0v) is 25.6. The minimum atomic E-state index is -1.22. The second kappa shape index (κ2) is 30.1. The minimum absolute atomic E-state index is 0.0137. The topological polar surface area (TPSA) is 87.3 Å². The first-order valence-corrected chi connectivity index (χ1v) is 15.6. The van der Waals surface area contributed by atoms with E-state index < -0.39 is 6.17 Å². The Balaban J connectivity index is 3.42. The van der Waals surface area contributed by atoms with Crippen LogP contribution in [0.4, 0.5) is 4.39 Å². The van der Waals surface area contributed by atoms with Gasteiger partial charge in [-0.25, -0.2) is 4.39 Å². The number of hydrogen-bond acceptors (Lipinski definition) is 7. The summed E-state index contributed by atoms with van der Waals surface area (Å²) in [4.78, 5) is 12.1. The van der Waals surface area contributed by atoms with E-state index >= 15 is 0 Å². The minimum Gasteiger partial charge on any atom is -0.378 e. The molecule has 2 N–H and O–H groups in total. The monoisotopic (exact) mass is 564 g/mol. The predicted molar refractivity (Wildman–Crippen MR) is 156 cm³/mol. The highest BCUT2D eigenvalue weighted by Crippen LogP contribution is 2.12. The van der Waals surface area contributed by atoms with Gasteiger partial charge in [0.15, 0.2) is 0 Å². The van der Waals surface area contributed by atoms with Crippen LogP contribution in [0.3, 0.4) is 0 Å².